The van der Waals surface area contributed by atoms with Gasteiger partial charge in [0.2, 0.25) is 11.7 Å². The van der Waals surface area contributed by atoms with E-state index in [-0.39, 0.29) is 5.91 Å². The lowest BCUT2D eigenvalue weighted by Gasteiger charge is -2.29. The van der Waals surface area contributed by atoms with Crippen molar-refractivity contribution in [1.82, 2.24) is 24.6 Å². The zero-order valence-corrected chi connectivity index (χ0v) is 15.8. The molecule has 4 rings (SSSR count). The number of carbonyl (C=O) groups is 1. The first-order valence-corrected chi connectivity index (χ1v) is 9.85. The SMILES string of the molecule is CN1CC=CCC1CC(=O)NC1CCC(CNc2ccn3ccnc3n2)C1. The number of fused-ring (bicyclic) bond motifs is 1. The van der Waals surface area contributed by atoms with Crippen LogP contribution in [0.1, 0.15) is 32.1 Å². The first-order valence-electron chi connectivity index (χ1n) is 9.85. The Morgan fingerprint density at radius 3 is 3.11 bits per heavy atom. The van der Waals surface area contributed by atoms with Gasteiger partial charge in [0.15, 0.2) is 0 Å². The lowest BCUT2D eigenvalue weighted by Crippen LogP contribution is -2.41. The van der Waals surface area contributed by atoms with Crippen LogP contribution in [0.25, 0.3) is 5.78 Å². The van der Waals surface area contributed by atoms with Gasteiger partial charge in [0, 0.05) is 50.2 Å². The second-order valence-corrected chi connectivity index (χ2v) is 7.78. The van der Waals surface area contributed by atoms with Crippen molar-refractivity contribution in [1.29, 1.82) is 0 Å². The number of aromatic nitrogens is 3. The first-order chi connectivity index (χ1) is 13.2. The van der Waals surface area contributed by atoms with Crippen LogP contribution in [0.15, 0.2) is 36.8 Å². The molecule has 3 heterocycles. The van der Waals surface area contributed by atoms with Crippen LogP contribution in [-0.2, 0) is 4.79 Å². The summed E-state index contributed by atoms with van der Waals surface area (Å²) in [4.78, 5) is 23.4. The van der Waals surface area contributed by atoms with Crippen molar-refractivity contribution in [3.63, 3.8) is 0 Å². The van der Waals surface area contributed by atoms with Crippen molar-refractivity contribution >= 4 is 17.5 Å². The van der Waals surface area contributed by atoms with Crippen molar-refractivity contribution in [3.8, 4) is 0 Å². The quantitative estimate of drug-likeness (QED) is 0.764. The van der Waals surface area contributed by atoms with E-state index < -0.39 is 0 Å². The van der Waals surface area contributed by atoms with E-state index >= 15 is 0 Å². The van der Waals surface area contributed by atoms with Crippen LogP contribution in [0.4, 0.5) is 5.82 Å². The fraction of sp³-hybridized carbons (Fsp3) is 0.550. The van der Waals surface area contributed by atoms with E-state index in [2.05, 4.69) is 44.7 Å². The van der Waals surface area contributed by atoms with Gasteiger partial charge < -0.3 is 10.6 Å². The molecule has 2 N–H and O–H groups in total. The molecule has 7 nitrogen and oxygen atoms in total. The van der Waals surface area contributed by atoms with E-state index in [9.17, 15) is 4.79 Å². The zero-order valence-electron chi connectivity index (χ0n) is 15.8. The third kappa shape index (κ3) is 4.47. The van der Waals surface area contributed by atoms with Gasteiger partial charge in [0.05, 0.1) is 0 Å². The minimum atomic E-state index is 0.187. The average molecular weight is 368 g/mol. The Kier molecular flexibility index (Phi) is 5.38. The van der Waals surface area contributed by atoms with Crippen LogP contribution in [-0.4, -0.2) is 57.4 Å². The predicted molar refractivity (Wildman–Crippen MR) is 106 cm³/mol. The van der Waals surface area contributed by atoms with Crippen molar-refractivity contribution in [2.24, 2.45) is 5.92 Å². The van der Waals surface area contributed by atoms with Gasteiger partial charge in [-0.15, -0.1) is 0 Å². The van der Waals surface area contributed by atoms with E-state index in [4.69, 9.17) is 0 Å². The lowest BCUT2D eigenvalue weighted by atomic mass is 10.0. The highest BCUT2D eigenvalue weighted by Gasteiger charge is 2.27. The fourth-order valence-corrected chi connectivity index (χ4v) is 4.11. The molecule has 1 aliphatic carbocycles. The Hall–Kier alpha value is -2.41. The van der Waals surface area contributed by atoms with Crippen LogP contribution in [0.2, 0.25) is 0 Å². The third-order valence-electron chi connectivity index (χ3n) is 5.75. The van der Waals surface area contributed by atoms with Crippen molar-refractivity contribution < 1.29 is 4.79 Å². The average Bonchev–Trinajstić information content (AvgIpc) is 3.30. The first kappa shape index (κ1) is 18.0. The summed E-state index contributed by atoms with van der Waals surface area (Å²) >= 11 is 0. The summed E-state index contributed by atoms with van der Waals surface area (Å²) in [6.07, 6.45) is 14.7. The van der Waals surface area contributed by atoms with E-state index in [0.717, 1.165) is 44.6 Å². The summed E-state index contributed by atoms with van der Waals surface area (Å²) in [5, 5.41) is 6.67. The highest BCUT2D eigenvalue weighted by molar-refractivity contribution is 5.77. The number of carbonyl (C=O) groups excluding carboxylic acids is 1. The Morgan fingerprint density at radius 2 is 2.22 bits per heavy atom. The second-order valence-electron chi connectivity index (χ2n) is 7.78. The van der Waals surface area contributed by atoms with Crippen molar-refractivity contribution in [2.75, 3.05) is 25.5 Å². The molecule has 27 heavy (non-hydrogen) atoms. The van der Waals surface area contributed by atoms with Gasteiger partial charge in [-0.2, -0.15) is 4.98 Å². The molecule has 2 aromatic heterocycles. The van der Waals surface area contributed by atoms with Crippen LogP contribution >= 0.6 is 0 Å². The molecule has 7 heteroatoms. The second kappa shape index (κ2) is 8.08. The minimum absolute atomic E-state index is 0.187. The highest BCUT2D eigenvalue weighted by atomic mass is 16.1. The molecule has 1 aliphatic heterocycles. The Morgan fingerprint density at radius 1 is 1.30 bits per heavy atom. The maximum Gasteiger partial charge on any atom is 0.235 e. The smallest absolute Gasteiger partial charge is 0.235 e. The van der Waals surface area contributed by atoms with Gasteiger partial charge in [-0.25, -0.2) is 4.98 Å². The van der Waals surface area contributed by atoms with Crippen LogP contribution in [0.5, 0.6) is 0 Å². The van der Waals surface area contributed by atoms with E-state index in [1.165, 1.54) is 0 Å². The summed E-state index contributed by atoms with van der Waals surface area (Å²) < 4.78 is 1.89. The molecule has 3 unspecified atom stereocenters. The number of rotatable bonds is 6. The van der Waals surface area contributed by atoms with E-state index in [0.29, 0.717) is 30.2 Å². The number of hydrogen-bond acceptors (Lipinski definition) is 5. The molecule has 1 saturated carbocycles. The minimum Gasteiger partial charge on any atom is -0.370 e. The maximum absolute atomic E-state index is 12.4. The summed E-state index contributed by atoms with van der Waals surface area (Å²) in [7, 11) is 2.09. The maximum atomic E-state index is 12.4. The van der Waals surface area contributed by atoms with Crippen molar-refractivity contribution in [3.05, 3.63) is 36.8 Å². The molecule has 3 atom stereocenters. The lowest BCUT2D eigenvalue weighted by molar-refractivity contribution is -0.122. The molecule has 0 spiro atoms. The zero-order chi connectivity index (χ0) is 18.6. The Balaban J connectivity index is 1.21. The number of likely N-dealkylation sites (N-methyl/N-ethyl adjacent to an activating group) is 1. The Labute approximate surface area is 159 Å². The van der Waals surface area contributed by atoms with Crippen LogP contribution in [0.3, 0.4) is 0 Å². The number of hydrogen-bond donors (Lipinski definition) is 2. The molecule has 0 saturated heterocycles. The molecular weight excluding hydrogens is 340 g/mol. The molecule has 0 bridgehead atoms. The van der Waals surface area contributed by atoms with Gasteiger partial charge in [0.1, 0.15) is 5.82 Å². The monoisotopic (exact) mass is 368 g/mol. The number of nitrogens with one attached hydrogen (secondary N) is 2. The van der Waals surface area contributed by atoms with E-state index in [1.54, 1.807) is 6.20 Å². The largest absolute Gasteiger partial charge is 0.370 e. The molecule has 1 amide bonds. The normalized spacial score (nSPS) is 25.7. The molecule has 2 aliphatic rings. The highest BCUT2D eigenvalue weighted by Crippen LogP contribution is 2.26. The van der Waals surface area contributed by atoms with E-state index in [1.807, 2.05) is 22.9 Å². The summed E-state index contributed by atoms with van der Waals surface area (Å²) in [5.41, 5.74) is 0. The molecule has 144 valence electrons. The predicted octanol–water partition coefficient (Wildman–Crippen LogP) is 2.08. The van der Waals surface area contributed by atoms with Gasteiger partial charge in [0.25, 0.3) is 0 Å². The number of imidazole rings is 1. The molecular formula is C20H28N6O. The summed E-state index contributed by atoms with van der Waals surface area (Å²) in [6.45, 7) is 1.82. The molecule has 2 aromatic rings. The third-order valence-corrected chi connectivity index (χ3v) is 5.75. The number of nitrogens with zero attached hydrogens (tertiary/aromatic N) is 4. The van der Waals surface area contributed by atoms with Crippen molar-refractivity contribution in [2.45, 2.75) is 44.2 Å². The van der Waals surface area contributed by atoms with Crippen LogP contribution in [0, 0.1) is 5.92 Å². The Bertz CT molecular complexity index is 816. The standard InChI is InChI=1S/C20H28N6O/c1-25-9-3-2-4-17(25)13-19(27)23-16-6-5-15(12-16)14-22-18-7-10-26-11-8-21-20(26)24-18/h2-3,7-8,10-11,15-17H,4-6,9,12-14H2,1H3,(H,23,27)(H,21,22,24). The topological polar surface area (TPSA) is 74.6 Å². The number of anilines is 1. The van der Waals surface area contributed by atoms with Gasteiger partial charge >= 0.3 is 0 Å². The molecule has 0 aromatic carbocycles. The van der Waals surface area contributed by atoms with Gasteiger partial charge in [-0.3, -0.25) is 14.1 Å². The molecule has 1 fully saturated rings. The van der Waals surface area contributed by atoms with Gasteiger partial charge in [-0.05, 0) is 44.7 Å². The summed E-state index contributed by atoms with van der Waals surface area (Å²) in [5.74, 6) is 2.31. The van der Waals surface area contributed by atoms with Gasteiger partial charge in [-0.1, -0.05) is 12.2 Å². The summed E-state index contributed by atoms with van der Waals surface area (Å²) in [6, 6.07) is 2.60. The van der Waals surface area contributed by atoms with Crippen LogP contribution < -0.4 is 10.6 Å². The molecule has 0 radical (unpaired) electrons. The number of amides is 1. The fourth-order valence-electron chi connectivity index (χ4n) is 4.11.